The van der Waals surface area contributed by atoms with Crippen molar-refractivity contribution >= 4 is 0 Å². The highest BCUT2D eigenvalue weighted by Crippen LogP contribution is 2.28. The van der Waals surface area contributed by atoms with E-state index in [1.54, 1.807) is 4.90 Å². The summed E-state index contributed by atoms with van der Waals surface area (Å²) in [4.78, 5) is 3.59. The molecule has 16 heavy (non-hydrogen) atoms. The van der Waals surface area contributed by atoms with E-state index in [1.807, 2.05) is 4.90 Å². The first-order valence-electron chi connectivity index (χ1n) is 7.12. The summed E-state index contributed by atoms with van der Waals surface area (Å²) in [6.07, 6.45) is 5.71. The molecule has 0 amide bonds. The largest absolute Gasteiger partial charge is 0.352 e. The van der Waals surface area contributed by atoms with Gasteiger partial charge < -0.3 is 15.5 Å². The zero-order chi connectivity index (χ0) is 11.6. The number of hydrogen-bond acceptors (Lipinski definition) is 0. The van der Waals surface area contributed by atoms with Gasteiger partial charge in [0.2, 0.25) is 0 Å². The lowest BCUT2D eigenvalue weighted by Crippen LogP contribution is -3.32. The van der Waals surface area contributed by atoms with Crippen LogP contribution < -0.4 is 15.5 Å². The molecule has 0 aromatic rings. The summed E-state index contributed by atoms with van der Waals surface area (Å²) in [7, 11) is 2.33. The van der Waals surface area contributed by atoms with Crippen LogP contribution >= 0.6 is 0 Å². The predicted molar refractivity (Wildman–Crippen MR) is 65.4 cm³/mol. The Hall–Kier alpha value is -0.120. The molecule has 2 aliphatic rings. The first-order chi connectivity index (χ1) is 7.66. The van der Waals surface area contributed by atoms with Crippen LogP contribution in [0.1, 0.15) is 32.6 Å². The summed E-state index contributed by atoms with van der Waals surface area (Å²) in [6.45, 7) is 9.01. The van der Waals surface area contributed by atoms with Gasteiger partial charge >= 0.3 is 0 Å². The second-order valence-electron chi connectivity index (χ2n) is 6.27. The first kappa shape index (κ1) is 12.3. The van der Waals surface area contributed by atoms with Gasteiger partial charge in [0.05, 0.1) is 7.05 Å². The van der Waals surface area contributed by atoms with E-state index in [9.17, 15) is 0 Å². The Labute approximate surface area is 100.0 Å². The molecule has 0 aromatic heterocycles. The third-order valence-corrected chi connectivity index (χ3v) is 5.17. The van der Waals surface area contributed by atoms with Crippen molar-refractivity contribution in [3.63, 3.8) is 0 Å². The molecule has 1 heterocycles. The molecule has 3 heteroatoms. The van der Waals surface area contributed by atoms with Crippen LogP contribution in [0.2, 0.25) is 0 Å². The van der Waals surface area contributed by atoms with Crippen molar-refractivity contribution in [2.45, 2.75) is 38.1 Å². The summed E-state index contributed by atoms with van der Waals surface area (Å²) < 4.78 is 0. The maximum Gasteiger partial charge on any atom is 0.147 e. The van der Waals surface area contributed by atoms with E-state index in [2.05, 4.69) is 19.7 Å². The molecule has 0 unspecified atom stereocenters. The molecule has 2 fully saturated rings. The van der Waals surface area contributed by atoms with E-state index in [-0.39, 0.29) is 0 Å². The SMILES string of the molecule is CC1CCC(C[NH3+])([NH+]2CC[NH+](C)CC2)CC1. The molecular weight excluding hydrogens is 198 g/mol. The Morgan fingerprint density at radius 3 is 2.19 bits per heavy atom. The molecule has 1 aliphatic heterocycles. The van der Waals surface area contributed by atoms with Crippen LogP contribution in [0.4, 0.5) is 0 Å². The summed E-state index contributed by atoms with van der Waals surface area (Å²) in [5, 5.41) is 0. The minimum atomic E-state index is 0.549. The predicted octanol–water partition coefficient (Wildman–Crippen LogP) is -2.41. The molecule has 1 saturated carbocycles. The normalized spacial score (nSPS) is 45.6. The third-order valence-electron chi connectivity index (χ3n) is 5.17. The molecule has 0 aromatic carbocycles. The topological polar surface area (TPSA) is 36.5 Å². The maximum absolute atomic E-state index is 4.27. The Morgan fingerprint density at radius 2 is 1.69 bits per heavy atom. The van der Waals surface area contributed by atoms with Gasteiger partial charge in [0.25, 0.3) is 0 Å². The molecule has 3 nitrogen and oxygen atoms in total. The molecule has 5 N–H and O–H groups in total. The number of piperazine rings is 1. The fraction of sp³-hybridized carbons (Fsp3) is 1.00. The van der Waals surface area contributed by atoms with Crippen LogP contribution in [0.25, 0.3) is 0 Å². The zero-order valence-electron chi connectivity index (χ0n) is 11.1. The van der Waals surface area contributed by atoms with Gasteiger partial charge in [-0.25, -0.2) is 0 Å². The van der Waals surface area contributed by atoms with E-state index in [1.165, 1.54) is 51.9 Å². The lowest BCUT2D eigenvalue weighted by Gasteiger charge is -2.44. The average Bonchev–Trinajstić information content (AvgIpc) is 2.32. The summed E-state index contributed by atoms with van der Waals surface area (Å²) in [6, 6.07) is 0. The minimum absolute atomic E-state index is 0.549. The van der Waals surface area contributed by atoms with Crippen LogP contribution in [0.15, 0.2) is 0 Å². The maximum atomic E-state index is 4.27. The van der Waals surface area contributed by atoms with Gasteiger partial charge in [0.15, 0.2) is 0 Å². The average molecular weight is 228 g/mol. The van der Waals surface area contributed by atoms with E-state index in [4.69, 9.17) is 0 Å². The standard InChI is InChI=1S/C13H27N3/c1-12-3-5-13(11-14,6-4-12)16-9-7-15(2)8-10-16/h12H,3-11,14H2,1-2H3/p+3. The van der Waals surface area contributed by atoms with Crippen LogP contribution in [0.3, 0.4) is 0 Å². The zero-order valence-corrected chi connectivity index (χ0v) is 11.1. The summed E-state index contributed by atoms with van der Waals surface area (Å²) in [5.41, 5.74) is 4.82. The van der Waals surface area contributed by atoms with Crippen molar-refractivity contribution in [3.05, 3.63) is 0 Å². The van der Waals surface area contributed by atoms with Crippen molar-refractivity contribution < 1.29 is 15.5 Å². The van der Waals surface area contributed by atoms with Crippen LogP contribution in [0.5, 0.6) is 0 Å². The van der Waals surface area contributed by atoms with Gasteiger partial charge in [0, 0.05) is 12.8 Å². The summed E-state index contributed by atoms with van der Waals surface area (Å²) in [5.74, 6) is 0.956. The number of likely N-dealkylation sites (N-methyl/N-ethyl adjacent to an activating group) is 1. The van der Waals surface area contributed by atoms with E-state index >= 15 is 0 Å². The van der Waals surface area contributed by atoms with Gasteiger partial charge in [-0.2, -0.15) is 0 Å². The van der Waals surface area contributed by atoms with Gasteiger partial charge in [-0.3, -0.25) is 0 Å². The Kier molecular flexibility index (Phi) is 3.88. The van der Waals surface area contributed by atoms with Crippen molar-refractivity contribution in [1.82, 2.24) is 0 Å². The monoisotopic (exact) mass is 228 g/mol. The minimum Gasteiger partial charge on any atom is -0.352 e. The molecule has 1 saturated heterocycles. The smallest absolute Gasteiger partial charge is 0.147 e. The van der Waals surface area contributed by atoms with Crippen LogP contribution in [-0.4, -0.2) is 45.3 Å². The van der Waals surface area contributed by atoms with Crippen molar-refractivity contribution in [3.8, 4) is 0 Å². The molecule has 2 rings (SSSR count). The highest BCUT2D eigenvalue weighted by molar-refractivity contribution is 4.84. The fourth-order valence-corrected chi connectivity index (χ4v) is 3.60. The molecular formula is C13H30N3+3. The van der Waals surface area contributed by atoms with Crippen molar-refractivity contribution in [2.24, 2.45) is 5.92 Å². The number of hydrogen-bond donors (Lipinski definition) is 3. The third kappa shape index (κ3) is 2.41. The lowest BCUT2D eigenvalue weighted by atomic mass is 9.75. The highest BCUT2D eigenvalue weighted by Gasteiger charge is 2.45. The van der Waals surface area contributed by atoms with Gasteiger partial charge in [-0.05, 0) is 18.8 Å². The van der Waals surface area contributed by atoms with Gasteiger partial charge in [-0.15, -0.1) is 0 Å². The number of nitrogens with one attached hydrogen (secondary N) is 2. The Bertz CT molecular complexity index is 213. The molecule has 0 atom stereocenters. The number of quaternary nitrogens is 3. The van der Waals surface area contributed by atoms with Crippen LogP contribution in [0, 0.1) is 5.92 Å². The first-order valence-corrected chi connectivity index (χ1v) is 7.12. The molecule has 0 radical (unpaired) electrons. The van der Waals surface area contributed by atoms with E-state index in [0.29, 0.717) is 5.54 Å². The van der Waals surface area contributed by atoms with E-state index in [0.717, 1.165) is 12.5 Å². The van der Waals surface area contributed by atoms with Crippen molar-refractivity contribution in [1.29, 1.82) is 0 Å². The number of rotatable bonds is 2. The molecule has 0 spiro atoms. The molecule has 94 valence electrons. The van der Waals surface area contributed by atoms with Crippen LogP contribution in [-0.2, 0) is 0 Å². The lowest BCUT2D eigenvalue weighted by molar-refractivity contribution is -1.04. The van der Waals surface area contributed by atoms with Crippen molar-refractivity contribution in [2.75, 3.05) is 39.8 Å². The quantitative estimate of drug-likeness (QED) is 0.471. The highest BCUT2D eigenvalue weighted by atomic mass is 15.3. The molecule has 0 bridgehead atoms. The van der Waals surface area contributed by atoms with Gasteiger partial charge in [0.1, 0.15) is 38.3 Å². The van der Waals surface area contributed by atoms with E-state index < -0.39 is 0 Å². The summed E-state index contributed by atoms with van der Waals surface area (Å²) >= 11 is 0. The second-order valence-corrected chi connectivity index (χ2v) is 6.27. The van der Waals surface area contributed by atoms with Gasteiger partial charge in [-0.1, -0.05) is 6.92 Å². The fourth-order valence-electron chi connectivity index (χ4n) is 3.60. The molecule has 1 aliphatic carbocycles. The Balaban J connectivity index is 1.98. The second kappa shape index (κ2) is 5.03. The Morgan fingerprint density at radius 1 is 1.12 bits per heavy atom.